The predicted octanol–water partition coefficient (Wildman–Crippen LogP) is 4.73. The standard InChI is InChI=1S/C21H18FN3OS/c22-18-10-12-19(13-11-18)24-21(27)25-23-14-17-8-4-5-9-20(17)26-15-16-6-2-1-3-7-16/h1-14H,15H2,(H2,24,25,27). The lowest BCUT2D eigenvalue weighted by Gasteiger charge is -2.09. The van der Waals surface area contributed by atoms with Gasteiger partial charge in [-0.25, -0.2) is 4.39 Å². The van der Waals surface area contributed by atoms with E-state index < -0.39 is 0 Å². The fourth-order valence-electron chi connectivity index (χ4n) is 2.31. The molecule has 2 N–H and O–H groups in total. The van der Waals surface area contributed by atoms with Crippen molar-refractivity contribution in [1.29, 1.82) is 0 Å². The zero-order valence-electron chi connectivity index (χ0n) is 14.4. The molecule has 0 spiro atoms. The number of para-hydroxylation sites is 1. The molecule has 3 rings (SSSR count). The summed E-state index contributed by atoms with van der Waals surface area (Å²) in [5, 5.41) is 7.37. The van der Waals surface area contributed by atoms with Crippen LogP contribution in [-0.4, -0.2) is 11.3 Å². The molecule has 0 atom stereocenters. The Kier molecular flexibility index (Phi) is 6.49. The third kappa shape index (κ3) is 5.90. The molecule has 0 radical (unpaired) electrons. The zero-order valence-corrected chi connectivity index (χ0v) is 15.2. The Hall–Kier alpha value is -3.25. The van der Waals surface area contributed by atoms with Gasteiger partial charge < -0.3 is 10.1 Å². The third-order valence-corrected chi connectivity index (χ3v) is 3.82. The molecule has 3 aromatic carbocycles. The van der Waals surface area contributed by atoms with E-state index >= 15 is 0 Å². The molecule has 0 aliphatic heterocycles. The van der Waals surface area contributed by atoms with Gasteiger partial charge in [0.25, 0.3) is 0 Å². The van der Waals surface area contributed by atoms with Crippen molar-refractivity contribution in [3.8, 4) is 5.75 Å². The molecule has 0 aliphatic carbocycles. The number of anilines is 1. The van der Waals surface area contributed by atoms with Crippen LogP contribution in [0.5, 0.6) is 5.75 Å². The van der Waals surface area contributed by atoms with E-state index in [2.05, 4.69) is 15.8 Å². The Morgan fingerprint density at radius 1 is 0.963 bits per heavy atom. The third-order valence-electron chi connectivity index (χ3n) is 3.63. The summed E-state index contributed by atoms with van der Waals surface area (Å²) in [7, 11) is 0. The first-order chi connectivity index (χ1) is 13.2. The van der Waals surface area contributed by atoms with Crippen molar-refractivity contribution >= 4 is 29.2 Å². The van der Waals surface area contributed by atoms with Crippen molar-refractivity contribution in [2.75, 3.05) is 5.32 Å². The smallest absolute Gasteiger partial charge is 0.191 e. The largest absolute Gasteiger partial charge is 0.488 e. The molecular weight excluding hydrogens is 361 g/mol. The maximum atomic E-state index is 12.9. The number of nitrogens with one attached hydrogen (secondary N) is 2. The number of thiocarbonyl (C=S) groups is 1. The van der Waals surface area contributed by atoms with Gasteiger partial charge in [-0.15, -0.1) is 0 Å². The highest BCUT2D eigenvalue weighted by Gasteiger charge is 2.02. The maximum Gasteiger partial charge on any atom is 0.191 e. The minimum atomic E-state index is -0.301. The molecule has 6 heteroatoms. The van der Waals surface area contributed by atoms with Crippen LogP contribution < -0.4 is 15.5 Å². The molecule has 0 aliphatic rings. The highest BCUT2D eigenvalue weighted by atomic mass is 32.1. The van der Waals surface area contributed by atoms with E-state index in [4.69, 9.17) is 17.0 Å². The molecule has 0 bridgehead atoms. The average molecular weight is 379 g/mol. The minimum Gasteiger partial charge on any atom is -0.488 e. The number of hydrogen-bond acceptors (Lipinski definition) is 3. The molecule has 0 fully saturated rings. The van der Waals surface area contributed by atoms with Gasteiger partial charge in [0, 0.05) is 11.3 Å². The summed E-state index contributed by atoms with van der Waals surface area (Å²) >= 11 is 5.17. The lowest BCUT2D eigenvalue weighted by atomic mass is 10.2. The normalized spacial score (nSPS) is 10.6. The van der Waals surface area contributed by atoms with Crippen LogP contribution in [0.1, 0.15) is 11.1 Å². The van der Waals surface area contributed by atoms with Crippen LogP contribution in [0.2, 0.25) is 0 Å². The maximum absolute atomic E-state index is 12.9. The van der Waals surface area contributed by atoms with Crippen molar-refractivity contribution in [3.63, 3.8) is 0 Å². The first-order valence-electron chi connectivity index (χ1n) is 8.32. The first-order valence-corrected chi connectivity index (χ1v) is 8.73. The monoisotopic (exact) mass is 379 g/mol. The van der Waals surface area contributed by atoms with Gasteiger partial charge in [0.15, 0.2) is 5.11 Å². The van der Waals surface area contributed by atoms with Gasteiger partial charge in [0.05, 0.1) is 6.21 Å². The summed E-state index contributed by atoms with van der Waals surface area (Å²) in [6.45, 7) is 0.476. The van der Waals surface area contributed by atoms with Gasteiger partial charge in [-0.1, -0.05) is 42.5 Å². The summed E-state index contributed by atoms with van der Waals surface area (Å²) in [6.07, 6.45) is 1.64. The van der Waals surface area contributed by atoms with E-state index in [-0.39, 0.29) is 5.82 Å². The summed E-state index contributed by atoms with van der Waals surface area (Å²) < 4.78 is 18.8. The summed E-state index contributed by atoms with van der Waals surface area (Å²) in [5.41, 5.74) is 5.33. The molecule has 4 nitrogen and oxygen atoms in total. The number of rotatable bonds is 6. The van der Waals surface area contributed by atoms with Crippen molar-refractivity contribution in [1.82, 2.24) is 5.43 Å². The van der Waals surface area contributed by atoms with Gasteiger partial charge in [-0.05, 0) is 54.2 Å². The van der Waals surface area contributed by atoms with E-state index in [0.29, 0.717) is 17.4 Å². The van der Waals surface area contributed by atoms with Crippen LogP contribution in [-0.2, 0) is 6.61 Å². The molecule has 0 saturated carbocycles. The fourth-order valence-corrected chi connectivity index (χ4v) is 2.48. The zero-order chi connectivity index (χ0) is 18.9. The molecule has 0 aromatic heterocycles. The van der Waals surface area contributed by atoms with Crippen molar-refractivity contribution in [3.05, 3.63) is 95.8 Å². The second-order valence-corrected chi connectivity index (χ2v) is 6.05. The number of hydrazone groups is 1. The summed E-state index contributed by atoms with van der Waals surface area (Å²) in [5.74, 6) is 0.425. The Labute approximate surface area is 162 Å². The average Bonchev–Trinajstić information content (AvgIpc) is 2.70. The molecule has 0 heterocycles. The molecule has 0 unspecified atom stereocenters. The van der Waals surface area contributed by atoms with E-state index in [0.717, 1.165) is 16.9 Å². The fraction of sp³-hybridized carbons (Fsp3) is 0.0476. The van der Waals surface area contributed by atoms with Gasteiger partial charge >= 0.3 is 0 Å². The SMILES string of the molecule is Fc1ccc(NC(=S)NN=Cc2ccccc2OCc2ccccc2)cc1. The van der Waals surface area contributed by atoms with Crippen LogP contribution >= 0.6 is 12.2 Å². The van der Waals surface area contributed by atoms with E-state index in [9.17, 15) is 4.39 Å². The minimum absolute atomic E-state index is 0.301. The Morgan fingerprint density at radius 2 is 1.67 bits per heavy atom. The predicted molar refractivity (Wildman–Crippen MR) is 111 cm³/mol. The van der Waals surface area contributed by atoms with Crippen LogP contribution in [0.25, 0.3) is 0 Å². The molecule has 3 aromatic rings. The Morgan fingerprint density at radius 3 is 2.44 bits per heavy atom. The molecule has 0 saturated heterocycles. The second-order valence-electron chi connectivity index (χ2n) is 5.64. The van der Waals surface area contributed by atoms with Gasteiger partial charge in [-0.2, -0.15) is 5.10 Å². The molecule has 0 amide bonds. The molecular formula is C21H18FN3OS. The van der Waals surface area contributed by atoms with E-state index in [1.54, 1.807) is 18.3 Å². The first kappa shape index (κ1) is 18.5. The van der Waals surface area contributed by atoms with E-state index in [1.807, 2.05) is 54.6 Å². The lowest BCUT2D eigenvalue weighted by Crippen LogP contribution is -2.23. The van der Waals surface area contributed by atoms with Crippen LogP contribution in [0.4, 0.5) is 10.1 Å². The van der Waals surface area contributed by atoms with Crippen LogP contribution in [0.3, 0.4) is 0 Å². The topological polar surface area (TPSA) is 45.7 Å². The lowest BCUT2D eigenvalue weighted by molar-refractivity contribution is 0.306. The van der Waals surface area contributed by atoms with Gasteiger partial charge in [0.2, 0.25) is 0 Å². The van der Waals surface area contributed by atoms with E-state index in [1.165, 1.54) is 12.1 Å². The Bertz CT molecular complexity index is 914. The quantitative estimate of drug-likeness (QED) is 0.369. The van der Waals surface area contributed by atoms with Crippen LogP contribution in [0.15, 0.2) is 84.0 Å². The van der Waals surface area contributed by atoms with Gasteiger partial charge in [-0.3, -0.25) is 5.43 Å². The number of halogens is 1. The van der Waals surface area contributed by atoms with Crippen molar-refractivity contribution in [2.24, 2.45) is 5.10 Å². The van der Waals surface area contributed by atoms with Gasteiger partial charge in [0.1, 0.15) is 18.2 Å². The number of benzene rings is 3. The van der Waals surface area contributed by atoms with Crippen LogP contribution in [0, 0.1) is 5.82 Å². The van der Waals surface area contributed by atoms with Crippen molar-refractivity contribution < 1.29 is 9.13 Å². The summed E-state index contributed by atoms with van der Waals surface area (Å²) in [6, 6.07) is 23.5. The highest BCUT2D eigenvalue weighted by Crippen LogP contribution is 2.17. The summed E-state index contributed by atoms with van der Waals surface area (Å²) in [4.78, 5) is 0. The van der Waals surface area contributed by atoms with Crippen molar-refractivity contribution in [2.45, 2.75) is 6.61 Å². The highest BCUT2D eigenvalue weighted by molar-refractivity contribution is 7.80. The molecule has 136 valence electrons. The Balaban J connectivity index is 1.56. The number of nitrogens with zero attached hydrogens (tertiary/aromatic N) is 1. The molecule has 27 heavy (non-hydrogen) atoms. The number of ether oxygens (including phenoxy) is 1. The second kappa shape index (κ2) is 9.45. The number of hydrogen-bond donors (Lipinski definition) is 2.